The number of nitrogens with one attached hydrogen (secondary N) is 4. The highest BCUT2D eigenvalue weighted by molar-refractivity contribution is 5.94. The highest BCUT2D eigenvalue weighted by atomic mass is 16.5. The van der Waals surface area contributed by atoms with Crippen LogP contribution >= 0.6 is 0 Å². The predicted molar refractivity (Wildman–Crippen MR) is 153 cm³/mol. The van der Waals surface area contributed by atoms with Crippen molar-refractivity contribution in [1.82, 2.24) is 26.2 Å². The Kier molecular flexibility index (Phi) is 11.9. The molecule has 1 aliphatic carbocycles. The monoisotopic (exact) mass is 571 g/mol. The van der Waals surface area contributed by atoms with Gasteiger partial charge in [0.05, 0.1) is 31.4 Å². The average Bonchev–Trinajstić information content (AvgIpc) is 3.49. The van der Waals surface area contributed by atoms with Crippen LogP contribution in [0.25, 0.3) is 0 Å². The fourth-order valence-corrected chi connectivity index (χ4v) is 5.90. The Balaban J connectivity index is 1.37. The molecular formula is C30H45N5O6. The summed E-state index contributed by atoms with van der Waals surface area (Å²) in [7, 11) is 0. The number of nitrogens with zero attached hydrogens (tertiary/aromatic N) is 1. The number of piperidine rings is 1. The number of benzene rings is 1. The van der Waals surface area contributed by atoms with Crippen molar-refractivity contribution in [2.75, 3.05) is 52.6 Å². The maximum absolute atomic E-state index is 13.1. The number of carbonyl (C=O) groups excluding carboxylic acids is 4. The zero-order chi connectivity index (χ0) is 28.9. The molecule has 0 unspecified atom stereocenters. The third-order valence-corrected chi connectivity index (χ3v) is 8.18. The first-order chi connectivity index (χ1) is 19.9. The summed E-state index contributed by atoms with van der Waals surface area (Å²) in [5.74, 6) is -0.566. The van der Waals surface area contributed by atoms with Crippen LogP contribution in [0.5, 0.6) is 0 Å². The van der Waals surface area contributed by atoms with Gasteiger partial charge >= 0.3 is 0 Å². The summed E-state index contributed by atoms with van der Waals surface area (Å²) in [6.45, 7) is 2.44. The average molecular weight is 572 g/mol. The molecule has 3 fully saturated rings. The molecule has 4 amide bonds. The van der Waals surface area contributed by atoms with E-state index in [2.05, 4.69) is 21.3 Å². The summed E-state index contributed by atoms with van der Waals surface area (Å²) >= 11 is 0. The highest BCUT2D eigenvalue weighted by Crippen LogP contribution is 2.27. The Bertz CT molecular complexity index is 1010. The maximum Gasteiger partial charge on any atom is 0.253 e. The first-order valence-electron chi connectivity index (χ1n) is 15.1. The van der Waals surface area contributed by atoms with Gasteiger partial charge in [0.1, 0.15) is 6.61 Å². The summed E-state index contributed by atoms with van der Waals surface area (Å²) in [5.41, 5.74) is -0.153. The quantitative estimate of drug-likeness (QED) is 0.427. The van der Waals surface area contributed by atoms with Crippen molar-refractivity contribution >= 4 is 23.6 Å². The Morgan fingerprint density at radius 3 is 2.34 bits per heavy atom. The first-order valence-corrected chi connectivity index (χ1v) is 15.1. The largest absolute Gasteiger partial charge is 0.377 e. The van der Waals surface area contributed by atoms with Crippen LogP contribution in [-0.4, -0.2) is 98.8 Å². The molecule has 1 saturated carbocycles. The molecule has 1 aromatic rings. The van der Waals surface area contributed by atoms with Crippen molar-refractivity contribution in [2.45, 2.75) is 75.4 Å². The van der Waals surface area contributed by atoms with Gasteiger partial charge in [-0.2, -0.15) is 0 Å². The van der Waals surface area contributed by atoms with Crippen LogP contribution in [0, 0.1) is 0 Å². The number of ether oxygens (including phenoxy) is 2. The minimum atomic E-state index is -0.774. The van der Waals surface area contributed by atoms with E-state index in [9.17, 15) is 19.2 Å². The molecule has 0 radical (unpaired) electrons. The minimum absolute atomic E-state index is 0.0495. The summed E-state index contributed by atoms with van der Waals surface area (Å²) in [6.07, 6.45) is 6.78. The SMILES string of the molecule is O=C1CC2(CCN(C(=O)c3ccccc3)CC2)NC(=O)COCCOCCNC(=O)[C@@H](NC2CCCC2)CCCN1. The molecule has 2 aliphatic heterocycles. The van der Waals surface area contributed by atoms with Crippen molar-refractivity contribution in [1.29, 1.82) is 0 Å². The summed E-state index contributed by atoms with van der Waals surface area (Å²) in [5, 5.41) is 12.5. The molecule has 11 heteroatoms. The first kappa shape index (κ1) is 30.9. The van der Waals surface area contributed by atoms with Gasteiger partial charge in [-0.25, -0.2) is 0 Å². The van der Waals surface area contributed by atoms with Crippen LogP contribution in [-0.2, 0) is 23.9 Å². The number of amides is 4. The van der Waals surface area contributed by atoms with E-state index in [4.69, 9.17) is 9.47 Å². The van der Waals surface area contributed by atoms with Gasteiger partial charge < -0.3 is 35.6 Å². The maximum atomic E-state index is 13.1. The fourth-order valence-electron chi connectivity index (χ4n) is 5.90. The molecule has 4 rings (SSSR count). The summed E-state index contributed by atoms with van der Waals surface area (Å²) < 4.78 is 11.1. The van der Waals surface area contributed by atoms with Crippen LogP contribution < -0.4 is 21.3 Å². The lowest BCUT2D eigenvalue weighted by Gasteiger charge is -2.42. The third kappa shape index (κ3) is 9.79. The second-order valence-corrected chi connectivity index (χ2v) is 11.3. The van der Waals surface area contributed by atoms with Gasteiger partial charge in [-0.15, -0.1) is 0 Å². The van der Waals surface area contributed by atoms with Gasteiger partial charge in [0.15, 0.2) is 0 Å². The van der Waals surface area contributed by atoms with Gasteiger partial charge in [0, 0.05) is 44.2 Å². The van der Waals surface area contributed by atoms with E-state index in [0.29, 0.717) is 76.7 Å². The van der Waals surface area contributed by atoms with Crippen LogP contribution in [0.3, 0.4) is 0 Å². The fraction of sp³-hybridized carbons (Fsp3) is 0.667. The van der Waals surface area contributed by atoms with E-state index in [-0.39, 0.29) is 49.3 Å². The molecule has 41 heavy (non-hydrogen) atoms. The molecule has 2 heterocycles. The van der Waals surface area contributed by atoms with Crippen molar-refractivity contribution in [2.24, 2.45) is 0 Å². The second-order valence-electron chi connectivity index (χ2n) is 11.3. The number of hydrogen-bond donors (Lipinski definition) is 4. The van der Waals surface area contributed by atoms with Crippen molar-refractivity contribution in [3.63, 3.8) is 0 Å². The molecule has 0 bridgehead atoms. The molecule has 226 valence electrons. The molecule has 4 N–H and O–H groups in total. The molecule has 3 aliphatic rings. The minimum Gasteiger partial charge on any atom is -0.377 e. The van der Waals surface area contributed by atoms with Crippen LogP contribution in [0.15, 0.2) is 30.3 Å². The van der Waals surface area contributed by atoms with Crippen LogP contribution in [0.2, 0.25) is 0 Å². The topological polar surface area (TPSA) is 138 Å². The normalized spacial score (nSPS) is 24.4. The van der Waals surface area contributed by atoms with E-state index in [1.54, 1.807) is 17.0 Å². The van der Waals surface area contributed by atoms with Crippen molar-refractivity contribution in [3.8, 4) is 0 Å². The van der Waals surface area contributed by atoms with E-state index < -0.39 is 5.54 Å². The van der Waals surface area contributed by atoms with Crippen LogP contribution in [0.4, 0.5) is 0 Å². The van der Waals surface area contributed by atoms with Gasteiger partial charge in [-0.1, -0.05) is 31.0 Å². The van der Waals surface area contributed by atoms with Gasteiger partial charge in [0.2, 0.25) is 17.7 Å². The lowest BCUT2D eigenvalue weighted by molar-refractivity contribution is -0.130. The molecule has 0 aromatic heterocycles. The van der Waals surface area contributed by atoms with Crippen LogP contribution in [0.1, 0.15) is 68.1 Å². The molecule has 1 atom stereocenters. The van der Waals surface area contributed by atoms with Crippen molar-refractivity contribution < 1.29 is 28.7 Å². The Hall–Kier alpha value is -3.02. The molecule has 1 spiro atoms. The Morgan fingerprint density at radius 1 is 0.854 bits per heavy atom. The number of rotatable bonds is 3. The molecule has 2 saturated heterocycles. The smallest absolute Gasteiger partial charge is 0.253 e. The Labute approximate surface area is 242 Å². The molecular weight excluding hydrogens is 526 g/mol. The molecule has 1 aromatic carbocycles. The van der Waals surface area contributed by atoms with Gasteiger partial charge in [-0.05, 0) is 50.7 Å². The standard InChI is InChI=1S/C30H45N5O6/c36-26-21-30(12-16-35(17-13-30)29(39)23-7-2-1-3-8-23)34-27(37)22-41-20-19-40-18-15-32-28(38)25(11-6-14-31-26)33-24-9-4-5-10-24/h1-3,7-8,24-25,33H,4-6,9-22H2,(H,31,36)(H,32,38)(H,34,37)/t25-/m0/s1. The molecule has 11 nitrogen and oxygen atoms in total. The van der Waals surface area contributed by atoms with Gasteiger partial charge in [0.25, 0.3) is 5.91 Å². The lowest BCUT2D eigenvalue weighted by Crippen LogP contribution is -2.58. The predicted octanol–water partition coefficient (Wildman–Crippen LogP) is 1.13. The Morgan fingerprint density at radius 2 is 1.59 bits per heavy atom. The number of likely N-dealkylation sites (tertiary alicyclic amines) is 1. The summed E-state index contributed by atoms with van der Waals surface area (Å²) in [4.78, 5) is 53.5. The van der Waals surface area contributed by atoms with Crippen molar-refractivity contribution in [3.05, 3.63) is 35.9 Å². The van der Waals surface area contributed by atoms with E-state index in [1.807, 2.05) is 18.2 Å². The number of carbonyl (C=O) groups is 4. The second kappa shape index (κ2) is 15.8. The summed E-state index contributed by atoms with van der Waals surface area (Å²) in [6, 6.07) is 9.14. The number of hydrogen-bond acceptors (Lipinski definition) is 7. The van der Waals surface area contributed by atoms with E-state index in [1.165, 1.54) is 12.8 Å². The van der Waals surface area contributed by atoms with Gasteiger partial charge in [-0.3, -0.25) is 19.2 Å². The van der Waals surface area contributed by atoms with E-state index >= 15 is 0 Å². The lowest BCUT2D eigenvalue weighted by atomic mass is 9.83. The van der Waals surface area contributed by atoms with E-state index in [0.717, 1.165) is 12.8 Å². The third-order valence-electron chi connectivity index (χ3n) is 8.18. The zero-order valence-corrected chi connectivity index (χ0v) is 24.0. The highest BCUT2D eigenvalue weighted by Gasteiger charge is 2.39. The zero-order valence-electron chi connectivity index (χ0n) is 24.0.